The van der Waals surface area contributed by atoms with Crippen molar-refractivity contribution in [3.8, 4) is 0 Å². The van der Waals surface area contributed by atoms with E-state index >= 15 is 0 Å². The maximum Gasteiger partial charge on any atom is 0.295 e. The first-order chi connectivity index (χ1) is 10.1. The molecule has 21 heavy (non-hydrogen) atoms. The van der Waals surface area contributed by atoms with Crippen LogP contribution in [0.2, 0.25) is 0 Å². The molecule has 0 aliphatic carbocycles. The van der Waals surface area contributed by atoms with E-state index in [0.29, 0.717) is 29.6 Å². The summed E-state index contributed by atoms with van der Waals surface area (Å²) in [6.07, 6.45) is 1.47. The summed E-state index contributed by atoms with van der Waals surface area (Å²) in [5, 5.41) is 0.573. The number of rotatable bonds is 2. The van der Waals surface area contributed by atoms with Crippen molar-refractivity contribution < 1.29 is 14.0 Å². The Morgan fingerprint density at radius 3 is 2.62 bits per heavy atom. The number of likely N-dealkylation sites (N-methyl/N-ethyl adjacent to an activating group) is 1. The van der Waals surface area contributed by atoms with E-state index in [2.05, 4.69) is 9.88 Å². The standard InChI is InChI=1S/C15H16FN3O2/c1-18-4-6-19(7-5-18)15(21)14(20)12-9-17-13-8-10(16)2-3-11(12)13/h2-3,8-9,17H,4-7H2,1H3. The fourth-order valence-corrected chi connectivity index (χ4v) is 2.55. The predicted octanol–water partition coefficient (Wildman–Crippen LogP) is 1.26. The van der Waals surface area contributed by atoms with Gasteiger partial charge in [0.25, 0.3) is 11.7 Å². The molecule has 110 valence electrons. The highest BCUT2D eigenvalue weighted by molar-refractivity contribution is 6.44. The molecule has 1 N–H and O–H groups in total. The Hall–Kier alpha value is -2.21. The minimum atomic E-state index is -0.544. The zero-order chi connectivity index (χ0) is 15.0. The lowest BCUT2D eigenvalue weighted by Crippen LogP contribution is -2.49. The second kappa shape index (κ2) is 5.29. The first-order valence-electron chi connectivity index (χ1n) is 6.85. The summed E-state index contributed by atoms with van der Waals surface area (Å²) >= 11 is 0. The van der Waals surface area contributed by atoms with Gasteiger partial charge in [-0.25, -0.2) is 4.39 Å². The van der Waals surface area contributed by atoms with Crippen LogP contribution in [0.1, 0.15) is 10.4 Å². The topological polar surface area (TPSA) is 56.4 Å². The second-order valence-corrected chi connectivity index (χ2v) is 5.32. The van der Waals surface area contributed by atoms with Gasteiger partial charge in [-0.2, -0.15) is 0 Å². The van der Waals surface area contributed by atoms with Crippen LogP contribution < -0.4 is 0 Å². The largest absolute Gasteiger partial charge is 0.360 e. The molecule has 5 nitrogen and oxygen atoms in total. The van der Waals surface area contributed by atoms with Gasteiger partial charge >= 0.3 is 0 Å². The molecule has 1 amide bonds. The molecular weight excluding hydrogens is 273 g/mol. The minimum absolute atomic E-state index is 0.300. The zero-order valence-corrected chi connectivity index (χ0v) is 11.7. The molecule has 0 atom stereocenters. The van der Waals surface area contributed by atoms with Crippen LogP contribution in [0.3, 0.4) is 0 Å². The van der Waals surface area contributed by atoms with Crippen LogP contribution in [0.25, 0.3) is 10.9 Å². The van der Waals surface area contributed by atoms with Crippen molar-refractivity contribution in [2.24, 2.45) is 0 Å². The number of aromatic amines is 1. The van der Waals surface area contributed by atoms with Crippen LogP contribution in [0.4, 0.5) is 4.39 Å². The molecule has 1 aromatic carbocycles. The van der Waals surface area contributed by atoms with Crippen molar-refractivity contribution in [3.05, 3.63) is 35.8 Å². The number of ketones is 1. The third-order valence-electron chi connectivity index (χ3n) is 3.87. The number of halogens is 1. The summed E-state index contributed by atoms with van der Waals surface area (Å²) in [5.41, 5.74) is 0.818. The Kier molecular flexibility index (Phi) is 3.47. The molecule has 1 fully saturated rings. The summed E-state index contributed by atoms with van der Waals surface area (Å²) in [5.74, 6) is -1.42. The summed E-state index contributed by atoms with van der Waals surface area (Å²) in [7, 11) is 1.98. The van der Waals surface area contributed by atoms with Gasteiger partial charge < -0.3 is 14.8 Å². The highest BCUT2D eigenvalue weighted by atomic mass is 19.1. The van der Waals surface area contributed by atoms with Crippen LogP contribution in [-0.2, 0) is 4.79 Å². The van der Waals surface area contributed by atoms with Crippen molar-refractivity contribution in [1.82, 2.24) is 14.8 Å². The van der Waals surface area contributed by atoms with Gasteiger partial charge in [0, 0.05) is 43.3 Å². The van der Waals surface area contributed by atoms with Gasteiger partial charge in [-0.05, 0) is 25.2 Å². The van der Waals surface area contributed by atoms with Crippen LogP contribution in [0, 0.1) is 5.82 Å². The summed E-state index contributed by atoms with van der Waals surface area (Å²) in [6, 6.07) is 4.12. The number of hydrogen-bond donors (Lipinski definition) is 1. The average molecular weight is 289 g/mol. The van der Waals surface area contributed by atoms with E-state index in [1.54, 1.807) is 4.90 Å². The normalized spacial score (nSPS) is 16.4. The molecule has 2 aromatic rings. The van der Waals surface area contributed by atoms with Gasteiger partial charge in [-0.1, -0.05) is 0 Å². The van der Waals surface area contributed by atoms with Crippen molar-refractivity contribution in [3.63, 3.8) is 0 Å². The highest BCUT2D eigenvalue weighted by Crippen LogP contribution is 2.20. The number of Topliss-reactive ketones (excluding diaryl/α,β-unsaturated/α-hetero) is 1. The molecule has 0 saturated carbocycles. The Morgan fingerprint density at radius 2 is 1.90 bits per heavy atom. The lowest BCUT2D eigenvalue weighted by Gasteiger charge is -2.31. The molecule has 1 aromatic heterocycles. The summed E-state index contributed by atoms with van der Waals surface area (Å²) in [6.45, 7) is 2.63. The Labute approximate surface area is 121 Å². The van der Waals surface area contributed by atoms with Gasteiger partial charge in [0.05, 0.1) is 5.56 Å². The number of hydrogen-bond acceptors (Lipinski definition) is 3. The first-order valence-corrected chi connectivity index (χ1v) is 6.85. The number of H-pyrrole nitrogens is 1. The number of benzene rings is 1. The zero-order valence-electron chi connectivity index (χ0n) is 11.7. The van der Waals surface area contributed by atoms with E-state index in [9.17, 15) is 14.0 Å². The number of fused-ring (bicyclic) bond motifs is 1. The molecule has 1 aliphatic rings. The summed E-state index contributed by atoms with van der Waals surface area (Å²) < 4.78 is 13.1. The van der Waals surface area contributed by atoms with Crippen LogP contribution in [0.15, 0.2) is 24.4 Å². The number of amides is 1. The van der Waals surface area contributed by atoms with Crippen molar-refractivity contribution in [2.75, 3.05) is 33.2 Å². The maximum absolute atomic E-state index is 13.1. The maximum atomic E-state index is 13.1. The van der Waals surface area contributed by atoms with Gasteiger partial charge in [-0.3, -0.25) is 9.59 Å². The number of carbonyl (C=O) groups is 2. The molecular formula is C15H16FN3O2. The molecule has 6 heteroatoms. The van der Waals surface area contributed by atoms with E-state index < -0.39 is 11.7 Å². The lowest BCUT2D eigenvalue weighted by molar-refractivity contribution is -0.127. The monoisotopic (exact) mass is 289 g/mol. The highest BCUT2D eigenvalue weighted by Gasteiger charge is 2.27. The van der Waals surface area contributed by atoms with Crippen LogP contribution in [-0.4, -0.2) is 59.7 Å². The number of nitrogens with one attached hydrogen (secondary N) is 1. The number of aromatic nitrogens is 1. The third kappa shape index (κ3) is 2.54. The fourth-order valence-electron chi connectivity index (χ4n) is 2.55. The van der Waals surface area contributed by atoms with Gasteiger partial charge in [-0.15, -0.1) is 0 Å². The van der Waals surface area contributed by atoms with E-state index in [4.69, 9.17) is 0 Å². The average Bonchev–Trinajstić information content (AvgIpc) is 2.89. The van der Waals surface area contributed by atoms with E-state index in [-0.39, 0.29) is 5.82 Å². The van der Waals surface area contributed by atoms with Crippen molar-refractivity contribution in [2.45, 2.75) is 0 Å². The third-order valence-corrected chi connectivity index (χ3v) is 3.87. The van der Waals surface area contributed by atoms with E-state index in [1.807, 2.05) is 7.05 Å². The van der Waals surface area contributed by atoms with Crippen LogP contribution in [0.5, 0.6) is 0 Å². The second-order valence-electron chi connectivity index (χ2n) is 5.32. The molecule has 0 bridgehead atoms. The van der Waals surface area contributed by atoms with Crippen LogP contribution >= 0.6 is 0 Å². The Morgan fingerprint density at radius 1 is 1.19 bits per heavy atom. The lowest BCUT2D eigenvalue weighted by atomic mass is 10.1. The molecule has 0 spiro atoms. The molecule has 0 radical (unpaired) electrons. The molecule has 1 aliphatic heterocycles. The van der Waals surface area contributed by atoms with Gasteiger partial charge in [0.1, 0.15) is 5.82 Å². The number of piperazine rings is 1. The molecule has 3 rings (SSSR count). The first kappa shape index (κ1) is 13.8. The van der Waals surface area contributed by atoms with Crippen molar-refractivity contribution >= 4 is 22.6 Å². The molecule has 2 heterocycles. The predicted molar refractivity (Wildman–Crippen MR) is 76.7 cm³/mol. The van der Waals surface area contributed by atoms with Gasteiger partial charge in [0.2, 0.25) is 0 Å². The SMILES string of the molecule is CN1CCN(C(=O)C(=O)c2c[nH]c3cc(F)ccc23)CC1. The Balaban J connectivity index is 1.85. The van der Waals surface area contributed by atoms with Gasteiger partial charge in [0.15, 0.2) is 0 Å². The molecule has 1 saturated heterocycles. The fraction of sp³-hybridized carbons (Fsp3) is 0.333. The number of carbonyl (C=O) groups excluding carboxylic acids is 2. The van der Waals surface area contributed by atoms with E-state index in [0.717, 1.165) is 13.1 Å². The summed E-state index contributed by atoms with van der Waals surface area (Å²) in [4.78, 5) is 31.2. The smallest absolute Gasteiger partial charge is 0.295 e. The number of nitrogens with zero attached hydrogens (tertiary/aromatic N) is 2. The Bertz CT molecular complexity index is 702. The molecule has 0 unspecified atom stereocenters. The van der Waals surface area contributed by atoms with E-state index in [1.165, 1.54) is 24.4 Å². The quantitative estimate of drug-likeness (QED) is 0.669. The van der Waals surface area contributed by atoms with Crippen molar-refractivity contribution in [1.29, 1.82) is 0 Å². The minimum Gasteiger partial charge on any atom is -0.360 e.